The van der Waals surface area contributed by atoms with Crippen molar-refractivity contribution in [3.8, 4) is 11.8 Å². The van der Waals surface area contributed by atoms with Gasteiger partial charge in [-0.1, -0.05) is 24.3 Å². The summed E-state index contributed by atoms with van der Waals surface area (Å²) in [6.45, 7) is 6.16. The highest BCUT2D eigenvalue weighted by atomic mass is 16.5. The maximum Gasteiger partial charge on any atom is 0.266 e. The molecule has 0 saturated heterocycles. The second-order valence-electron chi connectivity index (χ2n) is 7.03. The average molecular weight is 397 g/mol. The van der Waals surface area contributed by atoms with Crippen molar-refractivity contribution in [2.24, 2.45) is 0 Å². The molecular weight excluding hydrogens is 374 g/mol. The van der Waals surface area contributed by atoms with Crippen LogP contribution in [0.15, 0.2) is 66.4 Å². The van der Waals surface area contributed by atoms with E-state index in [1.54, 1.807) is 12.3 Å². The third-order valence-electron chi connectivity index (χ3n) is 4.64. The van der Waals surface area contributed by atoms with Gasteiger partial charge in [0.2, 0.25) is 0 Å². The van der Waals surface area contributed by atoms with Crippen LogP contribution in [0.4, 0.5) is 5.69 Å². The van der Waals surface area contributed by atoms with Gasteiger partial charge in [0, 0.05) is 11.9 Å². The van der Waals surface area contributed by atoms with Gasteiger partial charge in [-0.15, -0.1) is 0 Å². The van der Waals surface area contributed by atoms with E-state index < -0.39 is 5.91 Å². The van der Waals surface area contributed by atoms with Gasteiger partial charge < -0.3 is 10.1 Å². The van der Waals surface area contributed by atoms with Crippen molar-refractivity contribution in [1.82, 2.24) is 4.98 Å². The zero-order valence-electron chi connectivity index (χ0n) is 17.3. The molecule has 0 saturated carbocycles. The first-order chi connectivity index (χ1) is 14.5. The number of pyridine rings is 1. The molecule has 3 aromatic rings. The first-order valence-electron chi connectivity index (χ1n) is 9.60. The Bertz CT molecular complexity index is 1110. The molecule has 3 rings (SSSR count). The number of nitriles is 1. The predicted molar refractivity (Wildman–Crippen MR) is 118 cm³/mol. The molecular formula is C25H23N3O2. The van der Waals surface area contributed by atoms with Crippen molar-refractivity contribution < 1.29 is 9.53 Å². The van der Waals surface area contributed by atoms with Gasteiger partial charge >= 0.3 is 0 Å². The summed E-state index contributed by atoms with van der Waals surface area (Å²) in [7, 11) is 0. The van der Waals surface area contributed by atoms with Crippen molar-refractivity contribution in [3.63, 3.8) is 0 Å². The molecule has 150 valence electrons. The molecule has 5 heteroatoms. The maximum atomic E-state index is 12.6. The fourth-order valence-electron chi connectivity index (χ4n) is 3.14. The Balaban J connectivity index is 1.79. The number of anilines is 1. The summed E-state index contributed by atoms with van der Waals surface area (Å²) >= 11 is 0. The molecule has 1 aromatic heterocycles. The van der Waals surface area contributed by atoms with Crippen LogP contribution < -0.4 is 10.1 Å². The number of aryl methyl sites for hydroxylation is 3. The van der Waals surface area contributed by atoms with Gasteiger partial charge in [0.15, 0.2) is 0 Å². The third-order valence-corrected chi connectivity index (χ3v) is 4.64. The van der Waals surface area contributed by atoms with E-state index >= 15 is 0 Å². The Labute approximate surface area is 176 Å². The van der Waals surface area contributed by atoms with E-state index in [9.17, 15) is 10.1 Å². The standard InChI is InChI=1S/C25H23N3O2/c1-17-8-4-5-10-23(17)28-25(29)21(15-26)14-20-12-18(2)24(19(3)13-20)30-16-22-9-6-7-11-27-22/h4-14H,16H2,1-3H3,(H,28,29). The van der Waals surface area contributed by atoms with Crippen LogP contribution in [0.1, 0.15) is 27.9 Å². The molecule has 5 nitrogen and oxygen atoms in total. The smallest absolute Gasteiger partial charge is 0.266 e. The lowest BCUT2D eigenvalue weighted by atomic mass is 10.0. The first-order valence-corrected chi connectivity index (χ1v) is 9.60. The van der Waals surface area contributed by atoms with Gasteiger partial charge in [0.25, 0.3) is 5.91 Å². The molecule has 0 unspecified atom stereocenters. The summed E-state index contributed by atoms with van der Waals surface area (Å²) in [6, 6.07) is 19.0. The molecule has 1 heterocycles. The molecule has 1 amide bonds. The van der Waals surface area contributed by atoms with E-state index in [0.29, 0.717) is 12.3 Å². The monoisotopic (exact) mass is 397 g/mol. The third kappa shape index (κ3) is 5.12. The predicted octanol–water partition coefficient (Wildman–Crippen LogP) is 5.13. The normalized spacial score (nSPS) is 10.9. The lowest BCUT2D eigenvalue weighted by Gasteiger charge is -2.13. The molecule has 0 bridgehead atoms. The van der Waals surface area contributed by atoms with Crippen molar-refractivity contribution in [1.29, 1.82) is 5.26 Å². The zero-order valence-corrected chi connectivity index (χ0v) is 17.3. The van der Waals surface area contributed by atoms with Crippen molar-refractivity contribution in [2.45, 2.75) is 27.4 Å². The molecule has 0 atom stereocenters. The van der Waals surface area contributed by atoms with Crippen molar-refractivity contribution in [2.75, 3.05) is 5.32 Å². The Morgan fingerprint density at radius 2 is 1.77 bits per heavy atom. The summed E-state index contributed by atoms with van der Waals surface area (Å²) in [5, 5.41) is 12.3. The second-order valence-corrected chi connectivity index (χ2v) is 7.03. The van der Waals surface area contributed by atoms with Crippen molar-refractivity contribution in [3.05, 3.63) is 94.3 Å². The van der Waals surface area contributed by atoms with Crippen molar-refractivity contribution >= 4 is 17.7 Å². The summed E-state index contributed by atoms with van der Waals surface area (Å²) in [5.41, 5.74) is 5.13. The van der Waals surface area contributed by atoms with E-state index in [4.69, 9.17) is 4.74 Å². The summed E-state index contributed by atoms with van der Waals surface area (Å²) in [4.78, 5) is 16.8. The van der Waals surface area contributed by atoms with Gasteiger partial charge in [0.05, 0.1) is 5.69 Å². The zero-order chi connectivity index (χ0) is 21.5. The molecule has 0 radical (unpaired) electrons. The number of hydrogen-bond acceptors (Lipinski definition) is 4. The Hall–Kier alpha value is -3.91. The van der Waals surface area contributed by atoms with Crippen LogP contribution in [0.25, 0.3) is 6.08 Å². The minimum atomic E-state index is -0.433. The minimum Gasteiger partial charge on any atom is -0.487 e. The van der Waals surface area contributed by atoms with E-state index in [2.05, 4.69) is 10.3 Å². The fraction of sp³-hybridized carbons (Fsp3) is 0.160. The number of nitrogens with zero attached hydrogens (tertiary/aromatic N) is 2. The number of amides is 1. The van der Waals surface area contributed by atoms with Crippen LogP contribution in [0.3, 0.4) is 0 Å². The molecule has 1 N–H and O–H groups in total. The lowest BCUT2D eigenvalue weighted by Crippen LogP contribution is -2.14. The van der Waals surface area contributed by atoms with E-state index in [-0.39, 0.29) is 5.57 Å². The molecule has 0 aliphatic carbocycles. The fourth-order valence-corrected chi connectivity index (χ4v) is 3.14. The number of benzene rings is 2. The van der Waals surface area contributed by atoms with Gasteiger partial charge in [-0.3, -0.25) is 9.78 Å². The van der Waals surface area contributed by atoms with Crippen LogP contribution >= 0.6 is 0 Å². The Kier molecular flexibility index (Phi) is 6.61. The van der Waals surface area contributed by atoms with Gasteiger partial charge in [-0.2, -0.15) is 5.26 Å². The van der Waals surface area contributed by atoms with Crippen LogP contribution in [0.2, 0.25) is 0 Å². The number of nitrogens with one attached hydrogen (secondary N) is 1. The number of hydrogen-bond donors (Lipinski definition) is 1. The maximum absolute atomic E-state index is 12.6. The number of aromatic nitrogens is 1. The van der Waals surface area contributed by atoms with Crippen LogP contribution in [-0.2, 0) is 11.4 Å². The van der Waals surface area contributed by atoms with Gasteiger partial charge in [-0.05, 0) is 79.4 Å². The Morgan fingerprint density at radius 3 is 2.40 bits per heavy atom. The molecule has 0 spiro atoms. The van der Waals surface area contributed by atoms with Gasteiger partial charge in [-0.25, -0.2) is 0 Å². The quantitative estimate of drug-likeness (QED) is 0.462. The molecule has 2 aromatic carbocycles. The van der Waals surface area contributed by atoms with E-state index in [1.165, 1.54) is 0 Å². The summed E-state index contributed by atoms with van der Waals surface area (Å²) in [5.74, 6) is 0.346. The highest BCUT2D eigenvalue weighted by Gasteiger charge is 2.12. The lowest BCUT2D eigenvalue weighted by molar-refractivity contribution is -0.112. The van der Waals surface area contributed by atoms with Gasteiger partial charge in [0.1, 0.15) is 24.0 Å². The largest absolute Gasteiger partial charge is 0.487 e. The highest BCUT2D eigenvalue weighted by molar-refractivity contribution is 6.10. The number of carbonyl (C=O) groups excluding carboxylic acids is 1. The van der Waals surface area contributed by atoms with Crippen LogP contribution in [0, 0.1) is 32.1 Å². The average Bonchev–Trinajstić information content (AvgIpc) is 2.73. The topological polar surface area (TPSA) is 75.0 Å². The molecule has 30 heavy (non-hydrogen) atoms. The summed E-state index contributed by atoms with van der Waals surface area (Å²) < 4.78 is 5.95. The minimum absolute atomic E-state index is 0.0409. The summed E-state index contributed by atoms with van der Waals surface area (Å²) in [6.07, 6.45) is 3.33. The number of rotatable bonds is 6. The second kappa shape index (κ2) is 9.53. The first kappa shape index (κ1) is 20.8. The van der Waals surface area contributed by atoms with E-state index in [0.717, 1.165) is 33.7 Å². The van der Waals surface area contributed by atoms with E-state index in [1.807, 2.05) is 81.4 Å². The number of ether oxygens (including phenoxy) is 1. The van der Waals surface area contributed by atoms with Crippen LogP contribution in [0.5, 0.6) is 5.75 Å². The Morgan fingerprint density at radius 1 is 1.07 bits per heavy atom. The number of para-hydroxylation sites is 1. The molecule has 0 fully saturated rings. The number of carbonyl (C=O) groups is 1. The molecule has 0 aliphatic heterocycles. The molecule has 0 aliphatic rings. The highest BCUT2D eigenvalue weighted by Crippen LogP contribution is 2.27. The SMILES string of the molecule is Cc1ccccc1NC(=O)C(C#N)=Cc1cc(C)c(OCc2ccccn2)c(C)c1. The van der Waals surface area contributed by atoms with Crippen LogP contribution in [-0.4, -0.2) is 10.9 Å².